The third-order valence-electron chi connectivity index (χ3n) is 2.62. The highest BCUT2D eigenvalue weighted by Gasteiger charge is 2.12. The summed E-state index contributed by atoms with van der Waals surface area (Å²) < 4.78 is 5.62. The molecule has 0 unspecified atom stereocenters. The predicted octanol–water partition coefficient (Wildman–Crippen LogP) is 3.57. The summed E-state index contributed by atoms with van der Waals surface area (Å²) in [6.45, 7) is 4.29. The number of benzene rings is 1. The molecule has 0 saturated carbocycles. The Morgan fingerprint density at radius 1 is 1.48 bits per heavy atom. The number of rotatable bonds is 5. The third kappa shape index (κ3) is 3.57. The molecule has 110 valence electrons. The van der Waals surface area contributed by atoms with Gasteiger partial charge in [0.2, 0.25) is 11.8 Å². The van der Waals surface area contributed by atoms with Crippen LogP contribution in [0.5, 0.6) is 11.6 Å². The van der Waals surface area contributed by atoms with E-state index in [1.165, 1.54) is 24.4 Å². The second kappa shape index (κ2) is 6.36. The van der Waals surface area contributed by atoms with Crippen molar-refractivity contribution in [1.29, 1.82) is 0 Å². The van der Waals surface area contributed by atoms with Gasteiger partial charge in [-0.2, -0.15) is 4.98 Å². The van der Waals surface area contributed by atoms with E-state index in [4.69, 9.17) is 16.3 Å². The minimum absolute atomic E-state index is 0.00183. The molecular formula is C13H13ClN4O3. The molecule has 21 heavy (non-hydrogen) atoms. The molecule has 1 aromatic heterocycles. The van der Waals surface area contributed by atoms with Gasteiger partial charge in [-0.15, -0.1) is 0 Å². The van der Waals surface area contributed by atoms with Crippen molar-refractivity contribution in [2.45, 2.75) is 13.8 Å². The lowest BCUT2D eigenvalue weighted by Gasteiger charge is -2.10. The molecule has 0 amide bonds. The molecular weight excluding hydrogens is 296 g/mol. The lowest BCUT2D eigenvalue weighted by molar-refractivity contribution is -0.384. The number of nitro benzene ring substituents is 1. The number of hydrogen-bond acceptors (Lipinski definition) is 6. The summed E-state index contributed by atoms with van der Waals surface area (Å²) in [7, 11) is 0. The molecule has 1 aromatic carbocycles. The maximum Gasteiger partial charge on any atom is 0.269 e. The van der Waals surface area contributed by atoms with Gasteiger partial charge in [-0.3, -0.25) is 10.1 Å². The Kier molecular flexibility index (Phi) is 4.54. The van der Waals surface area contributed by atoms with Gasteiger partial charge in [-0.25, -0.2) is 4.98 Å². The first-order valence-electron chi connectivity index (χ1n) is 6.20. The first kappa shape index (κ1) is 15.0. The highest BCUT2D eigenvalue weighted by atomic mass is 35.5. The van der Waals surface area contributed by atoms with Gasteiger partial charge in [0.05, 0.1) is 11.1 Å². The molecule has 2 rings (SSSR count). The zero-order valence-corrected chi connectivity index (χ0v) is 12.2. The number of hydrogen-bond donors (Lipinski definition) is 1. The van der Waals surface area contributed by atoms with E-state index < -0.39 is 4.92 Å². The van der Waals surface area contributed by atoms with Gasteiger partial charge in [0.1, 0.15) is 10.8 Å². The average Bonchev–Trinajstić information content (AvgIpc) is 2.44. The molecule has 0 fully saturated rings. The van der Waals surface area contributed by atoms with Crippen LogP contribution in [0, 0.1) is 17.0 Å². The minimum Gasteiger partial charge on any atom is -0.437 e. The molecule has 0 saturated heterocycles. The van der Waals surface area contributed by atoms with Crippen molar-refractivity contribution < 1.29 is 9.66 Å². The number of anilines is 1. The standard InChI is InChI=1S/C13H13ClN4O3/c1-3-15-13-16-7-10(14)12(17-13)21-11-5-4-9(18(19)20)6-8(11)2/h4-7H,3H2,1-2H3,(H,15,16,17). The monoisotopic (exact) mass is 308 g/mol. The van der Waals surface area contributed by atoms with E-state index in [9.17, 15) is 10.1 Å². The van der Waals surface area contributed by atoms with Crippen LogP contribution in [0.3, 0.4) is 0 Å². The Labute approximate surface area is 126 Å². The second-order valence-corrected chi connectivity index (χ2v) is 4.59. The Balaban J connectivity index is 2.29. The summed E-state index contributed by atoms with van der Waals surface area (Å²) >= 11 is 5.99. The molecule has 7 nitrogen and oxygen atoms in total. The number of non-ortho nitro benzene ring substituents is 1. The zero-order chi connectivity index (χ0) is 15.4. The van der Waals surface area contributed by atoms with Crippen LogP contribution in [0.1, 0.15) is 12.5 Å². The fourth-order valence-electron chi connectivity index (χ4n) is 1.63. The third-order valence-corrected chi connectivity index (χ3v) is 2.88. The van der Waals surface area contributed by atoms with Crippen LogP contribution in [0.2, 0.25) is 5.02 Å². The van der Waals surface area contributed by atoms with Crippen molar-refractivity contribution in [3.05, 3.63) is 45.1 Å². The molecule has 0 aliphatic heterocycles. The van der Waals surface area contributed by atoms with Gasteiger partial charge in [0, 0.05) is 18.7 Å². The van der Waals surface area contributed by atoms with E-state index in [0.717, 1.165) is 0 Å². The summed E-state index contributed by atoms with van der Waals surface area (Å²) in [6, 6.07) is 4.30. The van der Waals surface area contributed by atoms with Gasteiger partial charge in [-0.05, 0) is 25.5 Å². The molecule has 1 heterocycles. The van der Waals surface area contributed by atoms with Crippen molar-refractivity contribution in [3.63, 3.8) is 0 Å². The van der Waals surface area contributed by atoms with Crippen LogP contribution in [0.15, 0.2) is 24.4 Å². The molecule has 1 N–H and O–H groups in total. The van der Waals surface area contributed by atoms with Gasteiger partial charge in [0.25, 0.3) is 5.69 Å². The number of halogens is 1. The van der Waals surface area contributed by atoms with E-state index in [-0.39, 0.29) is 16.6 Å². The van der Waals surface area contributed by atoms with Crippen molar-refractivity contribution in [2.75, 3.05) is 11.9 Å². The molecule has 0 aliphatic carbocycles. The fourth-order valence-corrected chi connectivity index (χ4v) is 1.76. The number of nitro groups is 1. The van der Waals surface area contributed by atoms with E-state index in [1.54, 1.807) is 6.92 Å². The number of ether oxygens (including phenoxy) is 1. The molecule has 2 aromatic rings. The molecule has 8 heteroatoms. The zero-order valence-electron chi connectivity index (χ0n) is 11.5. The lowest BCUT2D eigenvalue weighted by atomic mass is 10.2. The molecule has 0 radical (unpaired) electrons. The quantitative estimate of drug-likeness (QED) is 0.670. The Morgan fingerprint density at radius 3 is 2.86 bits per heavy atom. The average molecular weight is 309 g/mol. The Morgan fingerprint density at radius 2 is 2.24 bits per heavy atom. The minimum atomic E-state index is -0.461. The Hall–Kier alpha value is -2.41. The Bertz CT molecular complexity index is 678. The normalized spacial score (nSPS) is 10.2. The van der Waals surface area contributed by atoms with Gasteiger partial charge in [-0.1, -0.05) is 11.6 Å². The van der Waals surface area contributed by atoms with Crippen LogP contribution in [-0.2, 0) is 0 Å². The maximum atomic E-state index is 10.7. The molecule has 0 bridgehead atoms. The van der Waals surface area contributed by atoms with Crippen LogP contribution in [0.25, 0.3) is 0 Å². The van der Waals surface area contributed by atoms with Crippen molar-refractivity contribution in [3.8, 4) is 11.6 Å². The van der Waals surface area contributed by atoms with Crippen LogP contribution >= 0.6 is 11.6 Å². The fraction of sp³-hybridized carbons (Fsp3) is 0.231. The van der Waals surface area contributed by atoms with Crippen LogP contribution in [0.4, 0.5) is 11.6 Å². The maximum absolute atomic E-state index is 10.7. The molecule has 0 aliphatic rings. The number of aromatic nitrogens is 2. The summed E-state index contributed by atoms with van der Waals surface area (Å²) in [5.74, 6) is 1.04. The number of nitrogens with one attached hydrogen (secondary N) is 1. The van der Waals surface area contributed by atoms with Crippen molar-refractivity contribution >= 4 is 23.2 Å². The second-order valence-electron chi connectivity index (χ2n) is 4.19. The van der Waals surface area contributed by atoms with E-state index >= 15 is 0 Å². The van der Waals surface area contributed by atoms with Crippen LogP contribution < -0.4 is 10.1 Å². The van der Waals surface area contributed by atoms with E-state index in [2.05, 4.69) is 15.3 Å². The highest BCUT2D eigenvalue weighted by Crippen LogP contribution is 2.31. The predicted molar refractivity (Wildman–Crippen MR) is 79.1 cm³/mol. The topological polar surface area (TPSA) is 90.2 Å². The SMILES string of the molecule is CCNc1ncc(Cl)c(Oc2ccc([N+](=O)[O-])cc2C)n1. The first-order valence-corrected chi connectivity index (χ1v) is 6.58. The highest BCUT2D eigenvalue weighted by molar-refractivity contribution is 6.31. The largest absolute Gasteiger partial charge is 0.437 e. The van der Waals surface area contributed by atoms with E-state index in [1.807, 2.05) is 6.92 Å². The molecule has 0 atom stereocenters. The van der Waals surface area contributed by atoms with Gasteiger partial charge >= 0.3 is 0 Å². The summed E-state index contributed by atoms with van der Waals surface area (Å²) in [5.41, 5.74) is 0.617. The number of nitrogens with zero attached hydrogens (tertiary/aromatic N) is 3. The van der Waals surface area contributed by atoms with Crippen molar-refractivity contribution in [2.24, 2.45) is 0 Å². The molecule has 0 spiro atoms. The lowest BCUT2D eigenvalue weighted by Crippen LogP contribution is -2.03. The van der Waals surface area contributed by atoms with E-state index in [0.29, 0.717) is 23.8 Å². The summed E-state index contributed by atoms with van der Waals surface area (Å²) in [4.78, 5) is 18.4. The van der Waals surface area contributed by atoms with Gasteiger partial charge < -0.3 is 10.1 Å². The number of aryl methyl sites for hydroxylation is 1. The van der Waals surface area contributed by atoms with Crippen LogP contribution in [-0.4, -0.2) is 21.4 Å². The summed E-state index contributed by atoms with van der Waals surface area (Å²) in [6.07, 6.45) is 1.43. The van der Waals surface area contributed by atoms with Gasteiger partial charge in [0.15, 0.2) is 0 Å². The summed E-state index contributed by atoms with van der Waals surface area (Å²) in [5, 5.41) is 13.9. The van der Waals surface area contributed by atoms with Crippen molar-refractivity contribution in [1.82, 2.24) is 9.97 Å². The smallest absolute Gasteiger partial charge is 0.269 e. The first-order chi connectivity index (χ1) is 10.0.